The molecule has 1 saturated heterocycles. The Kier molecular flexibility index (Phi) is 7.32. The number of benzene rings is 3. The van der Waals surface area contributed by atoms with Gasteiger partial charge in [-0.25, -0.2) is 9.37 Å². The lowest BCUT2D eigenvalue weighted by Gasteiger charge is -2.32. The van der Waals surface area contributed by atoms with Gasteiger partial charge in [-0.05, 0) is 67.2 Å². The maximum Gasteiger partial charge on any atom is 0.123 e. The van der Waals surface area contributed by atoms with Gasteiger partial charge in [-0.1, -0.05) is 54.6 Å². The van der Waals surface area contributed by atoms with E-state index in [9.17, 15) is 4.39 Å². The third-order valence-corrected chi connectivity index (χ3v) is 6.94. The zero-order chi connectivity index (χ0) is 23.2. The fourth-order valence-electron chi connectivity index (χ4n) is 4.97. The summed E-state index contributed by atoms with van der Waals surface area (Å²) in [6.45, 7) is 6.07. The lowest BCUT2D eigenvalue weighted by molar-refractivity contribution is 0.183. The SMILES string of the molecule is Fc1ccc(Cn2c(CC3CCN(CCNCc4ccccc4)CC3)nc3ccccc32)cc1. The Morgan fingerprint density at radius 1 is 0.853 bits per heavy atom. The van der Waals surface area contributed by atoms with Gasteiger partial charge in [-0.15, -0.1) is 0 Å². The normalized spacial score (nSPS) is 15.2. The number of fused-ring (bicyclic) bond motifs is 1. The van der Waals surface area contributed by atoms with Crippen LogP contribution in [0.25, 0.3) is 11.0 Å². The van der Waals surface area contributed by atoms with Crippen LogP contribution in [0, 0.1) is 11.7 Å². The molecule has 0 unspecified atom stereocenters. The first kappa shape index (κ1) is 22.8. The molecule has 0 atom stereocenters. The molecule has 2 heterocycles. The minimum atomic E-state index is -0.193. The molecule has 0 amide bonds. The number of likely N-dealkylation sites (tertiary alicyclic amines) is 1. The van der Waals surface area contributed by atoms with Gasteiger partial charge in [-0.2, -0.15) is 0 Å². The summed E-state index contributed by atoms with van der Waals surface area (Å²) in [6.07, 6.45) is 3.41. The number of halogens is 1. The molecule has 1 aliphatic rings. The maximum atomic E-state index is 13.4. The van der Waals surface area contributed by atoms with Crippen LogP contribution in [0.4, 0.5) is 4.39 Å². The number of piperidine rings is 1. The Bertz CT molecular complexity index is 1180. The standard InChI is InChI=1S/C29H33FN4/c30-26-12-10-25(11-13-26)22-34-28-9-5-4-8-27(28)32-29(34)20-23-14-17-33(18-15-23)19-16-31-21-24-6-2-1-3-7-24/h1-13,23,31H,14-22H2. The summed E-state index contributed by atoms with van der Waals surface area (Å²) in [5.41, 5.74) is 4.64. The van der Waals surface area contributed by atoms with Gasteiger partial charge in [0, 0.05) is 32.6 Å². The highest BCUT2D eigenvalue weighted by atomic mass is 19.1. The van der Waals surface area contributed by atoms with Gasteiger partial charge in [0.15, 0.2) is 0 Å². The van der Waals surface area contributed by atoms with Crippen molar-refractivity contribution >= 4 is 11.0 Å². The quantitative estimate of drug-likeness (QED) is 0.349. The third-order valence-electron chi connectivity index (χ3n) is 6.94. The van der Waals surface area contributed by atoms with Crippen molar-refractivity contribution < 1.29 is 4.39 Å². The molecule has 5 heteroatoms. The van der Waals surface area contributed by atoms with Crippen LogP contribution in [0.5, 0.6) is 0 Å². The van der Waals surface area contributed by atoms with Gasteiger partial charge in [-0.3, -0.25) is 0 Å². The Morgan fingerprint density at radius 3 is 2.38 bits per heavy atom. The van der Waals surface area contributed by atoms with Gasteiger partial charge in [0.05, 0.1) is 11.0 Å². The molecule has 1 aliphatic heterocycles. The van der Waals surface area contributed by atoms with E-state index in [-0.39, 0.29) is 5.82 Å². The summed E-state index contributed by atoms with van der Waals surface area (Å²) in [6, 6.07) is 25.8. The van der Waals surface area contributed by atoms with E-state index >= 15 is 0 Å². The van der Waals surface area contributed by atoms with Gasteiger partial charge in [0.2, 0.25) is 0 Å². The smallest absolute Gasteiger partial charge is 0.123 e. The number of imidazole rings is 1. The van der Waals surface area contributed by atoms with E-state index in [1.54, 1.807) is 12.1 Å². The predicted molar refractivity (Wildman–Crippen MR) is 136 cm³/mol. The number of rotatable bonds is 9. The number of nitrogens with zero attached hydrogens (tertiary/aromatic N) is 3. The zero-order valence-electron chi connectivity index (χ0n) is 19.7. The highest BCUT2D eigenvalue weighted by Gasteiger charge is 2.22. The van der Waals surface area contributed by atoms with Gasteiger partial charge in [0.25, 0.3) is 0 Å². The Balaban J connectivity index is 1.16. The Morgan fingerprint density at radius 2 is 1.59 bits per heavy atom. The van der Waals surface area contributed by atoms with E-state index in [4.69, 9.17) is 4.98 Å². The average molecular weight is 457 g/mol. The monoisotopic (exact) mass is 456 g/mol. The first-order valence-corrected chi connectivity index (χ1v) is 12.4. The molecular weight excluding hydrogens is 423 g/mol. The van der Waals surface area contributed by atoms with Crippen LogP contribution in [-0.2, 0) is 19.5 Å². The number of hydrogen-bond donors (Lipinski definition) is 1. The van der Waals surface area contributed by atoms with Crippen LogP contribution in [0.2, 0.25) is 0 Å². The molecular formula is C29H33FN4. The van der Waals surface area contributed by atoms with Gasteiger partial charge >= 0.3 is 0 Å². The number of hydrogen-bond acceptors (Lipinski definition) is 3. The summed E-state index contributed by atoms with van der Waals surface area (Å²) in [4.78, 5) is 7.57. The second-order valence-electron chi connectivity index (χ2n) is 9.38. The lowest BCUT2D eigenvalue weighted by Crippen LogP contribution is -2.38. The summed E-state index contributed by atoms with van der Waals surface area (Å²) < 4.78 is 15.7. The van der Waals surface area contributed by atoms with Crippen LogP contribution in [-0.4, -0.2) is 40.6 Å². The molecule has 0 radical (unpaired) electrons. The van der Waals surface area contributed by atoms with Crippen molar-refractivity contribution in [2.75, 3.05) is 26.2 Å². The lowest BCUT2D eigenvalue weighted by atomic mass is 9.93. The summed E-state index contributed by atoms with van der Waals surface area (Å²) in [5, 5.41) is 3.57. The molecule has 1 fully saturated rings. The van der Waals surface area contributed by atoms with Crippen molar-refractivity contribution in [3.63, 3.8) is 0 Å². The predicted octanol–water partition coefficient (Wildman–Crippen LogP) is 5.27. The fourth-order valence-corrected chi connectivity index (χ4v) is 4.97. The molecule has 176 valence electrons. The first-order chi connectivity index (χ1) is 16.7. The highest BCUT2D eigenvalue weighted by molar-refractivity contribution is 5.76. The molecule has 1 N–H and O–H groups in total. The van der Waals surface area contributed by atoms with Gasteiger partial charge in [0.1, 0.15) is 11.6 Å². The Labute approximate surface area is 201 Å². The number of aromatic nitrogens is 2. The molecule has 34 heavy (non-hydrogen) atoms. The highest BCUT2D eigenvalue weighted by Crippen LogP contribution is 2.25. The minimum Gasteiger partial charge on any atom is -0.323 e. The topological polar surface area (TPSA) is 33.1 Å². The molecule has 5 rings (SSSR count). The van der Waals surface area contributed by atoms with E-state index in [2.05, 4.69) is 63.3 Å². The molecule has 3 aromatic carbocycles. The Hall–Kier alpha value is -3.02. The van der Waals surface area contributed by atoms with Crippen LogP contribution >= 0.6 is 0 Å². The molecule has 0 saturated carbocycles. The van der Waals surface area contributed by atoms with Crippen molar-refractivity contribution in [2.45, 2.75) is 32.4 Å². The van der Waals surface area contributed by atoms with E-state index in [0.717, 1.165) is 68.1 Å². The summed E-state index contributed by atoms with van der Waals surface area (Å²) in [5.74, 6) is 1.60. The second-order valence-corrected chi connectivity index (χ2v) is 9.38. The van der Waals surface area contributed by atoms with Crippen molar-refractivity contribution in [3.05, 3.63) is 102 Å². The third kappa shape index (κ3) is 5.72. The van der Waals surface area contributed by atoms with Crippen molar-refractivity contribution in [2.24, 2.45) is 5.92 Å². The molecule has 4 nitrogen and oxygen atoms in total. The van der Waals surface area contributed by atoms with Crippen LogP contribution in [0.3, 0.4) is 0 Å². The molecule has 0 aliphatic carbocycles. The summed E-state index contributed by atoms with van der Waals surface area (Å²) >= 11 is 0. The van der Waals surface area contributed by atoms with Crippen LogP contribution in [0.1, 0.15) is 29.8 Å². The van der Waals surface area contributed by atoms with E-state index in [1.807, 2.05) is 18.2 Å². The largest absolute Gasteiger partial charge is 0.323 e. The molecule has 0 spiro atoms. The van der Waals surface area contributed by atoms with Gasteiger partial charge < -0.3 is 14.8 Å². The second kappa shape index (κ2) is 10.9. The number of para-hydroxylation sites is 2. The van der Waals surface area contributed by atoms with Crippen molar-refractivity contribution in [3.8, 4) is 0 Å². The molecule has 4 aromatic rings. The van der Waals surface area contributed by atoms with E-state index < -0.39 is 0 Å². The van der Waals surface area contributed by atoms with E-state index in [0.29, 0.717) is 5.92 Å². The summed E-state index contributed by atoms with van der Waals surface area (Å²) in [7, 11) is 0. The van der Waals surface area contributed by atoms with E-state index in [1.165, 1.54) is 18.4 Å². The fraction of sp³-hybridized carbons (Fsp3) is 0.345. The van der Waals surface area contributed by atoms with Crippen molar-refractivity contribution in [1.82, 2.24) is 19.8 Å². The minimum absolute atomic E-state index is 0.193. The first-order valence-electron chi connectivity index (χ1n) is 12.4. The van der Waals surface area contributed by atoms with Crippen LogP contribution in [0.15, 0.2) is 78.9 Å². The van der Waals surface area contributed by atoms with Crippen molar-refractivity contribution in [1.29, 1.82) is 0 Å². The zero-order valence-corrected chi connectivity index (χ0v) is 19.7. The average Bonchev–Trinajstić information content (AvgIpc) is 3.21. The molecule has 1 aromatic heterocycles. The molecule has 0 bridgehead atoms. The maximum absolute atomic E-state index is 13.4. The van der Waals surface area contributed by atoms with Crippen LogP contribution < -0.4 is 5.32 Å². The number of nitrogens with one attached hydrogen (secondary N) is 1.